The largest absolute Gasteiger partial charge is 0.273 e. The van der Waals surface area contributed by atoms with Crippen molar-refractivity contribution in [1.29, 1.82) is 0 Å². The minimum absolute atomic E-state index is 0.132. The van der Waals surface area contributed by atoms with E-state index < -0.39 is 0 Å². The van der Waals surface area contributed by atoms with Crippen LogP contribution in [0.15, 0.2) is 83.9 Å². The quantitative estimate of drug-likeness (QED) is 0.342. The molecule has 8 nitrogen and oxygen atoms in total. The summed E-state index contributed by atoms with van der Waals surface area (Å²) in [6, 6.07) is 26.3. The maximum Gasteiger partial charge on any atom is 0.248 e. The van der Waals surface area contributed by atoms with E-state index in [9.17, 15) is 4.79 Å². The molecule has 36 heavy (non-hydrogen) atoms. The number of nitrogens with one attached hydrogen (secondary N) is 1. The van der Waals surface area contributed by atoms with Crippen molar-refractivity contribution >= 4 is 17.2 Å². The maximum absolute atomic E-state index is 12.6. The van der Waals surface area contributed by atoms with E-state index in [0.717, 1.165) is 39.2 Å². The summed E-state index contributed by atoms with van der Waals surface area (Å²) in [6.07, 6.45) is 1.84. The van der Waals surface area contributed by atoms with Gasteiger partial charge in [-0.2, -0.15) is 15.3 Å². The zero-order chi connectivity index (χ0) is 24.7. The summed E-state index contributed by atoms with van der Waals surface area (Å²) in [5.74, 6) is 0.426. The second-order valence-corrected chi connectivity index (χ2v) is 9.30. The van der Waals surface area contributed by atoms with Crippen molar-refractivity contribution in [3.63, 3.8) is 0 Å². The van der Waals surface area contributed by atoms with Gasteiger partial charge in [-0.25, -0.2) is 4.68 Å². The molecule has 0 unspecified atom stereocenters. The van der Waals surface area contributed by atoms with Gasteiger partial charge in [0.1, 0.15) is 5.01 Å². The Bertz CT molecular complexity index is 1500. The van der Waals surface area contributed by atoms with Crippen LogP contribution in [0.1, 0.15) is 29.5 Å². The van der Waals surface area contributed by atoms with Crippen LogP contribution in [0.4, 0.5) is 0 Å². The zero-order valence-corrected chi connectivity index (χ0v) is 20.7. The fourth-order valence-corrected chi connectivity index (χ4v) is 4.76. The fourth-order valence-electron chi connectivity index (χ4n) is 3.91. The van der Waals surface area contributed by atoms with Gasteiger partial charge in [-0.05, 0) is 40.3 Å². The van der Waals surface area contributed by atoms with Gasteiger partial charge in [-0.15, -0.1) is 10.2 Å². The highest BCUT2D eigenvalue weighted by atomic mass is 32.1. The van der Waals surface area contributed by atoms with Gasteiger partial charge >= 0.3 is 0 Å². The zero-order valence-electron chi connectivity index (χ0n) is 19.8. The lowest BCUT2D eigenvalue weighted by Crippen LogP contribution is -2.19. The van der Waals surface area contributed by atoms with Crippen LogP contribution in [0.25, 0.3) is 22.5 Å². The van der Waals surface area contributed by atoms with E-state index in [4.69, 9.17) is 0 Å². The highest BCUT2D eigenvalue weighted by Crippen LogP contribution is 2.29. The molecule has 180 valence electrons. The Morgan fingerprint density at radius 3 is 2.42 bits per heavy atom. The standard InChI is InChI=1S/C27H25N7OS/c1-2-25-31-34(27(36-25)28-24(35)17-14-19-8-4-3-5-9-19)18-20-12-15-21(16-13-20)22-10-6-7-11-23(22)26-29-32-33-30-26/h3-13,15-16H,2,14,17-18H2,1H3,(H,29,30,32,33). The van der Waals surface area contributed by atoms with E-state index in [1.54, 1.807) is 0 Å². The van der Waals surface area contributed by atoms with Crippen molar-refractivity contribution in [2.24, 2.45) is 4.99 Å². The molecule has 0 spiro atoms. The Kier molecular flexibility index (Phi) is 7.18. The molecule has 0 saturated carbocycles. The van der Waals surface area contributed by atoms with Crippen molar-refractivity contribution in [2.45, 2.75) is 32.7 Å². The number of H-pyrrole nitrogens is 1. The summed E-state index contributed by atoms with van der Waals surface area (Å²) in [4.78, 5) is 17.6. The highest BCUT2D eigenvalue weighted by molar-refractivity contribution is 7.08. The minimum Gasteiger partial charge on any atom is -0.273 e. The highest BCUT2D eigenvalue weighted by Gasteiger charge is 2.11. The third-order valence-electron chi connectivity index (χ3n) is 5.77. The summed E-state index contributed by atoms with van der Waals surface area (Å²) in [7, 11) is 0. The molecule has 2 heterocycles. The molecule has 0 fully saturated rings. The maximum atomic E-state index is 12.6. The van der Waals surface area contributed by atoms with Gasteiger partial charge in [0.2, 0.25) is 16.5 Å². The predicted octanol–water partition coefficient (Wildman–Crippen LogP) is 4.46. The Hall–Kier alpha value is -4.24. The second-order valence-electron chi connectivity index (χ2n) is 8.26. The van der Waals surface area contributed by atoms with Gasteiger partial charge < -0.3 is 0 Å². The van der Waals surface area contributed by atoms with Crippen molar-refractivity contribution in [2.75, 3.05) is 0 Å². The lowest BCUT2D eigenvalue weighted by molar-refractivity contribution is -0.118. The Morgan fingerprint density at radius 1 is 0.944 bits per heavy atom. The number of hydrogen-bond acceptors (Lipinski definition) is 6. The van der Waals surface area contributed by atoms with Crippen LogP contribution in [-0.4, -0.2) is 36.3 Å². The number of rotatable bonds is 8. The van der Waals surface area contributed by atoms with Gasteiger partial charge in [-0.3, -0.25) is 4.79 Å². The first kappa shape index (κ1) is 23.5. The van der Waals surface area contributed by atoms with Gasteiger partial charge in [-0.1, -0.05) is 97.1 Å². The van der Waals surface area contributed by atoms with Gasteiger partial charge in [0, 0.05) is 12.0 Å². The molecule has 3 aromatic carbocycles. The van der Waals surface area contributed by atoms with Gasteiger partial charge in [0.05, 0.1) is 6.54 Å². The molecule has 0 aliphatic heterocycles. The number of benzene rings is 3. The number of carbonyl (C=O) groups excluding carboxylic acids is 1. The molecule has 5 aromatic rings. The molecule has 0 atom stereocenters. The molecule has 5 rings (SSSR count). The first-order valence-corrected chi connectivity index (χ1v) is 12.6. The van der Waals surface area contributed by atoms with Crippen LogP contribution in [0, 0.1) is 0 Å². The van der Waals surface area contributed by atoms with Gasteiger partial charge in [0.15, 0.2) is 0 Å². The molecule has 0 aliphatic carbocycles. The van der Waals surface area contributed by atoms with Crippen LogP contribution < -0.4 is 4.80 Å². The molecule has 1 amide bonds. The molecule has 2 aromatic heterocycles. The molecular weight excluding hydrogens is 470 g/mol. The number of amides is 1. The number of aromatic amines is 1. The number of carbonyl (C=O) groups is 1. The summed E-state index contributed by atoms with van der Waals surface area (Å²) in [5, 5.41) is 20.1. The Balaban J connectivity index is 1.35. The molecule has 0 bridgehead atoms. The number of nitrogens with zero attached hydrogens (tertiary/aromatic N) is 6. The van der Waals surface area contributed by atoms with E-state index in [2.05, 4.69) is 61.9 Å². The average Bonchev–Trinajstić information content (AvgIpc) is 3.59. The van der Waals surface area contributed by atoms with Gasteiger partial charge in [0.25, 0.3) is 0 Å². The molecule has 0 radical (unpaired) electrons. The van der Waals surface area contributed by atoms with Crippen LogP contribution in [0.5, 0.6) is 0 Å². The topological polar surface area (TPSA) is 102 Å². The fraction of sp³-hybridized carbons (Fsp3) is 0.185. The first-order valence-electron chi connectivity index (χ1n) is 11.8. The van der Waals surface area contributed by atoms with Crippen LogP contribution in [-0.2, 0) is 24.2 Å². The molecule has 9 heteroatoms. The predicted molar refractivity (Wildman–Crippen MR) is 139 cm³/mol. The van der Waals surface area contributed by atoms with E-state index >= 15 is 0 Å². The van der Waals surface area contributed by atoms with E-state index in [1.165, 1.54) is 11.3 Å². The normalized spacial score (nSPS) is 11.6. The number of aryl methyl sites for hydroxylation is 2. The Labute approximate surface area is 212 Å². The van der Waals surface area contributed by atoms with Crippen molar-refractivity contribution < 1.29 is 4.79 Å². The molecular formula is C27H25N7OS. The second kappa shape index (κ2) is 11.0. The molecule has 0 aliphatic rings. The summed E-state index contributed by atoms with van der Waals surface area (Å²) in [6.45, 7) is 2.59. The van der Waals surface area contributed by atoms with Crippen molar-refractivity contribution in [3.8, 4) is 22.5 Å². The summed E-state index contributed by atoms with van der Waals surface area (Å²) in [5.41, 5.74) is 5.20. The average molecular weight is 496 g/mol. The van der Waals surface area contributed by atoms with E-state index in [1.807, 2.05) is 59.3 Å². The Morgan fingerprint density at radius 2 is 1.69 bits per heavy atom. The van der Waals surface area contributed by atoms with E-state index in [-0.39, 0.29) is 5.91 Å². The number of hydrogen-bond donors (Lipinski definition) is 1. The number of tetrazole rings is 1. The molecule has 0 saturated heterocycles. The smallest absolute Gasteiger partial charge is 0.248 e. The van der Waals surface area contributed by atoms with Crippen molar-refractivity contribution in [1.82, 2.24) is 30.4 Å². The third kappa shape index (κ3) is 5.52. The van der Waals surface area contributed by atoms with Crippen LogP contribution >= 0.6 is 11.3 Å². The monoisotopic (exact) mass is 495 g/mol. The summed E-state index contributed by atoms with van der Waals surface area (Å²) < 4.78 is 1.83. The van der Waals surface area contributed by atoms with E-state index in [0.29, 0.717) is 30.0 Å². The lowest BCUT2D eigenvalue weighted by atomic mass is 9.98. The van der Waals surface area contributed by atoms with Crippen molar-refractivity contribution in [3.05, 3.63) is 99.8 Å². The molecule has 1 N–H and O–H groups in total. The number of aromatic nitrogens is 6. The minimum atomic E-state index is -0.132. The lowest BCUT2D eigenvalue weighted by Gasteiger charge is -2.08. The third-order valence-corrected chi connectivity index (χ3v) is 6.86. The van der Waals surface area contributed by atoms with Crippen LogP contribution in [0.3, 0.4) is 0 Å². The van der Waals surface area contributed by atoms with Crippen LogP contribution in [0.2, 0.25) is 0 Å². The first-order chi connectivity index (χ1) is 17.7. The SMILES string of the molecule is CCc1nn(Cc2ccc(-c3ccccc3-c3nn[nH]n3)cc2)c(=NC(=O)CCc2ccccc2)s1. The summed E-state index contributed by atoms with van der Waals surface area (Å²) >= 11 is 1.47.